The SMILES string of the molecule is CCN1CCN(CC(=O)N2CCC(C(=O)N3CCCCCC3)CC2)CC1. The van der Waals surface area contributed by atoms with Gasteiger partial charge in [-0.3, -0.25) is 14.5 Å². The van der Waals surface area contributed by atoms with Crippen molar-refractivity contribution in [2.24, 2.45) is 5.92 Å². The minimum atomic E-state index is 0.130. The van der Waals surface area contributed by atoms with Gasteiger partial charge in [0.15, 0.2) is 0 Å². The van der Waals surface area contributed by atoms with Crippen molar-refractivity contribution in [1.29, 1.82) is 0 Å². The van der Waals surface area contributed by atoms with Crippen LogP contribution in [0.4, 0.5) is 0 Å². The average Bonchev–Trinajstić information content (AvgIpc) is 2.97. The van der Waals surface area contributed by atoms with E-state index in [9.17, 15) is 9.59 Å². The zero-order valence-corrected chi connectivity index (χ0v) is 16.5. The van der Waals surface area contributed by atoms with Gasteiger partial charge in [0.05, 0.1) is 6.54 Å². The van der Waals surface area contributed by atoms with Crippen LogP contribution in [0, 0.1) is 5.92 Å². The summed E-state index contributed by atoms with van der Waals surface area (Å²) in [6.45, 7) is 11.3. The summed E-state index contributed by atoms with van der Waals surface area (Å²) in [4.78, 5) is 34.2. The summed E-state index contributed by atoms with van der Waals surface area (Å²) in [7, 11) is 0. The smallest absolute Gasteiger partial charge is 0.236 e. The normalized spacial score (nSPS) is 24.5. The summed E-state index contributed by atoms with van der Waals surface area (Å²) < 4.78 is 0. The highest BCUT2D eigenvalue weighted by atomic mass is 16.2. The maximum absolute atomic E-state index is 12.8. The van der Waals surface area contributed by atoms with Crippen molar-refractivity contribution in [3.05, 3.63) is 0 Å². The second-order valence-corrected chi connectivity index (χ2v) is 8.10. The van der Waals surface area contributed by atoms with Crippen LogP contribution in [0.5, 0.6) is 0 Å². The quantitative estimate of drug-likeness (QED) is 0.754. The third-order valence-electron chi connectivity index (χ3n) is 6.39. The van der Waals surface area contributed by atoms with Gasteiger partial charge in [-0.1, -0.05) is 19.8 Å². The predicted molar refractivity (Wildman–Crippen MR) is 103 cm³/mol. The van der Waals surface area contributed by atoms with Crippen LogP contribution in [0.15, 0.2) is 0 Å². The molecule has 3 rings (SSSR count). The molecule has 0 radical (unpaired) electrons. The molecule has 0 atom stereocenters. The van der Waals surface area contributed by atoms with Gasteiger partial charge in [0.1, 0.15) is 0 Å². The molecule has 0 bridgehead atoms. The summed E-state index contributed by atoms with van der Waals surface area (Å²) >= 11 is 0. The van der Waals surface area contributed by atoms with Gasteiger partial charge in [-0.15, -0.1) is 0 Å². The van der Waals surface area contributed by atoms with E-state index in [1.165, 1.54) is 12.8 Å². The van der Waals surface area contributed by atoms with Gasteiger partial charge in [0.2, 0.25) is 11.8 Å². The summed E-state index contributed by atoms with van der Waals surface area (Å²) in [6.07, 6.45) is 6.48. The Hall–Kier alpha value is -1.14. The van der Waals surface area contributed by atoms with Crippen molar-refractivity contribution >= 4 is 11.8 Å². The second-order valence-electron chi connectivity index (χ2n) is 8.10. The van der Waals surface area contributed by atoms with E-state index in [-0.39, 0.29) is 11.8 Å². The zero-order chi connectivity index (χ0) is 18.4. The highest BCUT2D eigenvalue weighted by Gasteiger charge is 2.31. The molecule has 3 heterocycles. The molecular formula is C20H36N4O2. The van der Waals surface area contributed by atoms with E-state index in [2.05, 4.69) is 21.6 Å². The number of carbonyl (C=O) groups excluding carboxylic acids is 2. The Labute approximate surface area is 158 Å². The number of rotatable bonds is 4. The number of carbonyl (C=O) groups is 2. The first kappa shape index (κ1) is 19.6. The molecule has 0 aromatic rings. The molecule has 0 unspecified atom stereocenters. The lowest BCUT2D eigenvalue weighted by molar-refractivity contribution is -0.141. The standard InChI is InChI=1S/C20H36N4O2/c1-2-21-13-15-22(16-14-21)17-19(25)23-11-7-18(8-12-23)20(26)24-9-5-3-4-6-10-24/h18H,2-17H2,1H3. The van der Waals surface area contributed by atoms with E-state index in [0.717, 1.165) is 84.6 Å². The first-order valence-electron chi connectivity index (χ1n) is 10.7. The molecule has 3 fully saturated rings. The Kier molecular flexibility index (Phi) is 7.32. The topological polar surface area (TPSA) is 47.1 Å². The van der Waals surface area contributed by atoms with Crippen molar-refractivity contribution in [3.8, 4) is 0 Å². The highest BCUT2D eigenvalue weighted by Crippen LogP contribution is 2.22. The molecule has 0 aliphatic carbocycles. The van der Waals surface area contributed by atoms with Crippen LogP contribution < -0.4 is 0 Å². The van der Waals surface area contributed by atoms with E-state index in [1.807, 2.05) is 4.90 Å². The Morgan fingerprint density at radius 1 is 0.731 bits per heavy atom. The first-order valence-corrected chi connectivity index (χ1v) is 10.7. The Bertz CT molecular complexity index is 460. The maximum Gasteiger partial charge on any atom is 0.236 e. The minimum absolute atomic E-state index is 0.130. The van der Waals surface area contributed by atoms with Gasteiger partial charge in [0, 0.05) is 58.3 Å². The number of hydrogen-bond donors (Lipinski definition) is 0. The summed E-state index contributed by atoms with van der Waals surface area (Å²) in [5, 5.41) is 0. The molecular weight excluding hydrogens is 328 g/mol. The third-order valence-corrected chi connectivity index (χ3v) is 6.39. The number of piperazine rings is 1. The molecule has 0 N–H and O–H groups in total. The maximum atomic E-state index is 12.8. The van der Waals surface area contributed by atoms with Gasteiger partial charge in [-0.2, -0.15) is 0 Å². The van der Waals surface area contributed by atoms with Gasteiger partial charge >= 0.3 is 0 Å². The monoisotopic (exact) mass is 364 g/mol. The zero-order valence-electron chi connectivity index (χ0n) is 16.5. The molecule has 0 spiro atoms. The van der Waals surface area contributed by atoms with Crippen molar-refractivity contribution in [2.75, 3.05) is 65.4 Å². The van der Waals surface area contributed by atoms with Crippen LogP contribution in [0.3, 0.4) is 0 Å². The molecule has 26 heavy (non-hydrogen) atoms. The van der Waals surface area contributed by atoms with E-state index in [0.29, 0.717) is 12.5 Å². The molecule has 0 aromatic heterocycles. The van der Waals surface area contributed by atoms with Gasteiger partial charge in [-0.25, -0.2) is 0 Å². The van der Waals surface area contributed by atoms with Crippen LogP contribution in [0.25, 0.3) is 0 Å². The fourth-order valence-corrected chi connectivity index (χ4v) is 4.48. The Morgan fingerprint density at radius 3 is 1.88 bits per heavy atom. The number of amides is 2. The third kappa shape index (κ3) is 5.19. The van der Waals surface area contributed by atoms with Crippen molar-refractivity contribution < 1.29 is 9.59 Å². The van der Waals surface area contributed by atoms with E-state index in [1.54, 1.807) is 0 Å². The summed E-state index contributed by atoms with van der Waals surface area (Å²) in [6, 6.07) is 0. The van der Waals surface area contributed by atoms with Crippen LogP contribution >= 0.6 is 0 Å². The molecule has 3 aliphatic heterocycles. The molecule has 2 amide bonds. The number of piperidine rings is 1. The predicted octanol–water partition coefficient (Wildman–Crippen LogP) is 1.27. The van der Waals surface area contributed by atoms with E-state index >= 15 is 0 Å². The second kappa shape index (κ2) is 9.70. The van der Waals surface area contributed by atoms with Crippen LogP contribution in [0.1, 0.15) is 45.4 Å². The summed E-state index contributed by atoms with van der Waals surface area (Å²) in [5.41, 5.74) is 0. The van der Waals surface area contributed by atoms with Crippen LogP contribution in [0.2, 0.25) is 0 Å². The largest absolute Gasteiger partial charge is 0.342 e. The average molecular weight is 365 g/mol. The fourth-order valence-electron chi connectivity index (χ4n) is 4.48. The molecule has 6 heteroatoms. The molecule has 0 aromatic carbocycles. The van der Waals surface area contributed by atoms with Crippen molar-refractivity contribution in [3.63, 3.8) is 0 Å². The molecule has 3 saturated heterocycles. The Balaban J connectivity index is 1.40. The minimum Gasteiger partial charge on any atom is -0.342 e. The van der Waals surface area contributed by atoms with E-state index < -0.39 is 0 Å². The number of likely N-dealkylation sites (N-methyl/N-ethyl adjacent to an activating group) is 1. The highest BCUT2D eigenvalue weighted by molar-refractivity contribution is 5.81. The molecule has 6 nitrogen and oxygen atoms in total. The number of nitrogens with zero attached hydrogens (tertiary/aromatic N) is 4. The first-order chi connectivity index (χ1) is 12.7. The number of likely N-dealkylation sites (tertiary alicyclic amines) is 2. The van der Waals surface area contributed by atoms with Gasteiger partial charge in [0.25, 0.3) is 0 Å². The van der Waals surface area contributed by atoms with Crippen LogP contribution in [-0.4, -0.2) is 96.9 Å². The molecule has 3 aliphatic rings. The lowest BCUT2D eigenvalue weighted by Crippen LogP contribution is -2.51. The molecule has 148 valence electrons. The van der Waals surface area contributed by atoms with Gasteiger partial charge in [-0.05, 0) is 32.2 Å². The van der Waals surface area contributed by atoms with Crippen LogP contribution in [-0.2, 0) is 9.59 Å². The van der Waals surface area contributed by atoms with Crippen molar-refractivity contribution in [1.82, 2.24) is 19.6 Å². The fraction of sp³-hybridized carbons (Fsp3) is 0.900. The number of hydrogen-bond acceptors (Lipinski definition) is 4. The lowest BCUT2D eigenvalue weighted by atomic mass is 9.95. The Morgan fingerprint density at radius 2 is 1.31 bits per heavy atom. The van der Waals surface area contributed by atoms with E-state index in [4.69, 9.17) is 0 Å². The lowest BCUT2D eigenvalue weighted by Gasteiger charge is -2.37. The van der Waals surface area contributed by atoms with Crippen molar-refractivity contribution in [2.45, 2.75) is 45.4 Å². The summed E-state index contributed by atoms with van der Waals surface area (Å²) in [5.74, 6) is 0.718. The molecule has 0 saturated carbocycles. The van der Waals surface area contributed by atoms with Gasteiger partial charge < -0.3 is 14.7 Å².